The quantitative estimate of drug-likeness (QED) is 0.758. The molecule has 0 aliphatic carbocycles. The van der Waals surface area contributed by atoms with E-state index in [0.29, 0.717) is 6.79 Å². The van der Waals surface area contributed by atoms with Crippen molar-refractivity contribution in [1.82, 2.24) is 0 Å². The van der Waals surface area contributed by atoms with Crippen LogP contribution in [0.25, 0.3) is 0 Å². The highest BCUT2D eigenvalue weighted by Gasteiger charge is 2.17. The van der Waals surface area contributed by atoms with Gasteiger partial charge in [0.2, 0.25) is 6.79 Å². The lowest BCUT2D eigenvalue weighted by Crippen LogP contribution is -2.12. The van der Waals surface area contributed by atoms with E-state index in [4.69, 9.17) is 9.47 Å². The second-order valence-electron chi connectivity index (χ2n) is 4.08. The molecule has 0 amide bonds. The number of ether oxygens (including phenoxy) is 2. The van der Waals surface area contributed by atoms with Gasteiger partial charge >= 0.3 is 0 Å². The van der Waals surface area contributed by atoms with E-state index < -0.39 is 0 Å². The van der Waals surface area contributed by atoms with E-state index >= 15 is 0 Å². The normalized spacial score (nSPS) is 14.5. The molecule has 1 aromatic carbocycles. The Morgan fingerprint density at radius 1 is 1.29 bits per heavy atom. The fourth-order valence-electron chi connectivity index (χ4n) is 1.54. The topological polar surface area (TPSA) is 18.5 Å². The number of fused-ring (bicyclic) bond motifs is 1. The predicted octanol–water partition coefficient (Wildman–Crippen LogP) is 3.13. The van der Waals surface area contributed by atoms with Crippen LogP contribution in [-0.2, 0) is 6.42 Å². The lowest BCUT2D eigenvalue weighted by atomic mass is 10.0. The van der Waals surface area contributed by atoms with Gasteiger partial charge < -0.3 is 9.47 Å². The van der Waals surface area contributed by atoms with Crippen molar-refractivity contribution in [1.29, 1.82) is 0 Å². The number of alkyl halides is 1. The van der Waals surface area contributed by atoms with E-state index in [-0.39, 0.29) is 4.32 Å². The van der Waals surface area contributed by atoms with Crippen LogP contribution >= 0.6 is 15.9 Å². The van der Waals surface area contributed by atoms with Crippen molar-refractivity contribution in [3.63, 3.8) is 0 Å². The molecule has 0 aromatic heterocycles. The summed E-state index contributed by atoms with van der Waals surface area (Å²) in [5, 5.41) is 0. The minimum absolute atomic E-state index is 0.126. The molecule has 0 saturated carbocycles. The van der Waals surface area contributed by atoms with E-state index in [1.165, 1.54) is 5.56 Å². The minimum Gasteiger partial charge on any atom is -0.454 e. The molecule has 0 bridgehead atoms. The Kier molecular flexibility index (Phi) is 2.43. The molecule has 0 unspecified atom stereocenters. The van der Waals surface area contributed by atoms with Crippen molar-refractivity contribution in [2.75, 3.05) is 6.79 Å². The molecule has 0 saturated heterocycles. The third-order valence-corrected chi connectivity index (χ3v) is 2.34. The van der Waals surface area contributed by atoms with Gasteiger partial charge in [-0.3, -0.25) is 0 Å². The highest BCUT2D eigenvalue weighted by molar-refractivity contribution is 9.10. The third-order valence-electron chi connectivity index (χ3n) is 2.06. The van der Waals surface area contributed by atoms with E-state index in [0.717, 1.165) is 17.9 Å². The molecule has 0 fully saturated rings. The third kappa shape index (κ3) is 2.21. The Balaban J connectivity index is 2.21. The zero-order chi connectivity index (χ0) is 10.2. The highest BCUT2D eigenvalue weighted by Crippen LogP contribution is 2.34. The molecule has 1 aliphatic heterocycles. The summed E-state index contributed by atoms with van der Waals surface area (Å²) in [6.45, 7) is 4.64. The van der Waals surface area contributed by atoms with Gasteiger partial charge in [0, 0.05) is 4.32 Å². The largest absolute Gasteiger partial charge is 0.454 e. The van der Waals surface area contributed by atoms with Crippen LogP contribution in [0.5, 0.6) is 11.5 Å². The standard InChI is InChI=1S/C11H13BrO2/c1-11(2,12)6-8-3-4-9-10(5-8)14-7-13-9/h3-5H,6-7H2,1-2H3. The average Bonchev–Trinajstić information content (AvgIpc) is 2.47. The van der Waals surface area contributed by atoms with Crippen molar-refractivity contribution in [3.05, 3.63) is 23.8 Å². The molecule has 2 rings (SSSR count). The Hall–Kier alpha value is -0.700. The van der Waals surface area contributed by atoms with Crippen LogP contribution in [-0.4, -0.2) is 11.1 Å². The fourth-order valence-corrected chi connectivity index (χ4v) is 1.86. The Morgan fingerprint density at radius 3 is 2.71 bits per heavy atom. The SMILES string of the molecule is CC(C)(Br)Cc1ccc2c(c1)OCO2. The first-order chi connectivity index (χ1) is 6.54. The average molecular weight is 257 g/mol. The highest BCUT2D eigenvalue weighted by atomic mass is 79.9. The van der Waals surface area contributed by atoms with Crippen LogP contribution < -0.4 is 9.47 Å². The predicted molar refractivity (Wildman–Crippen MR) is 59.3 cm³/mol. The summed E-state index contributed by atoms with van der Waals surface area (Å²) in [7, 11) is 0. The van der Waals surface area contributed by atoms with E-state index in [1.54, 1.807) is 0 Å². The summed E-state index contributed by atoms with van der Waals surface area (Å²) in [5.41, 5.74) is 1.26. The van der Waals surface area contributed by atoms with Gasteiger partial charge in [-0.1, -0.05) is 22.0 Å². The van der Waals surface area contributed by atoms with E-state index in [9.17, 15) is 0 Å². The zero-order valence-corrected chi connectivity index (χ0v) is 9.93. The lowest BCUT2D eigenvalue weighted by Gasteiger charge is -2.15. The summed E-state index contributed by atoms with van der Waals surface area (Å²) < 4.78 is 10.7. The van der Waals surface area contributed by atoms with Crippen LogP contribution in [0, 0.1) is 0 Å². The van der Waals surface area contributed by atoms with Gasteiger partial charge in [-0.2, -0.15) is 0 Å². The van der Waals surface area contributed by atoms with E-state index in [1.807, 2.05) is 12.1 Å². The monoisotopic (exact) mass is 256 g/mol. The van der Waals surface area contributed by atoms with Crippen molar-refractivity contribution in [2.45, 2.75) is 24.6 Å². The van der Waals surface area contributed by atoms with Gasteiger partial charge in [-0.05, 0) is 38.0 Å². The molecule has 14 heavy (non-hydrogen) atoms. The van der Waals surface area contributed by atoms with Crippen molar-refractivity contribution < 1.29 is 9.47 Å². The molecule has 0 N–H and O–H groups in total. The molecule has 2 nitrogen and oxygen atoms in total. The molecular weight excluding hydrogens is 244 g/mol. The molecule has 1 heterocycles. The summed E-state index contributed by atoms with van der Waals surface area (Å²) in [5.74, 6) is 1.71. The maximum absolute atomic E-state index is 5.32. The summed E-state index contributed by atoms with van der Waals surface area (Å²) in [6, 6.07) is 6.10. The Labute approximate surface area is 92.3 Å². The van der Waals surface area contributed by atoms with Crippen molar-refractivity contribution in [3.8, 4) is 11.5 Å². The number of hydrogen-bond acceptors (Lipinski definition) is 2. The number of halogens is 1. The molecule has 3 heteroatoms. The molecule has 1 aromatic rings. The van der Waals surface area contributed by atoms with Crippen LogP contribution in [0.3, 0.4) is 0 Å². The number of hydrogen-bond donors (Lipinski definition) is 0. The first-order valence-electron chi connectivity index (χ1n) is 4.62. The Morgan fingerprint density at radius 2 is 2.00 bits per heavy atom. The molecule has 0 atom stereocenters. The summed E-state index contributed by atoms with van der Waals surface area (Å²) in [6.07, 6.45) is 0.976. The van der Waals surface area contributed by atoms with Gasteiger partial charge in [-0.15, -0.1) is 0 Å². The van der Waals surface area contributed by atoms with Crippen LogP contribution in [0.2, 0.25) is 0 Å². The second kappa shape index (κ2) is 3.46. The fraction of sp³-hybridized carbons (Fsp3) is 0.455. The van der Waals surface area contributed by atoms with Crippen LogP contribution in [0.15, 0.2) is 18.2 Å². The number of benzene rings is 1. The van der Waals surface area contributed by atoms with Gasteiger partial charge in [-0.25, -0.2) is 0 Å². The van der Waals surface area contributed by atoms with Crippen molar-refractivity contribution in [2.24, 2.45) is 0 Å². The maximum Gasteiger partial charge on any atom is 0.231 e. The summed E-state index contributed by atoms with van der Waals surface area (Å²) in [4.78, 5) is 0. The zero-order valence-electron chi connectivity index (χ0n) is 8.34. The molecule has 0 spiro atoms. The van der Waals surface area contributed by atoms with Gasteiger partial charge in [0.05, 0.1) is 0 Å². The van der Waals surface area contributed by atoms with Crippen LogP contribution in [0.1, 0.15) is 19.4 Å². The first-order valence-corrected chi connectivity index (χ1v) is 5.41. The van der Waals surface area contributed by atoms with Gasteiger partial charge in [0.25, 0.3) is 0 Å². The summed E-state index contributed by atoms with van der Waals surface area (Å²) >= 11 is 3.62. The molecule has 0 radical (unpaired) electrons. The van der Waals surface area contributed by atoms with Crippen LogP contribution in [0.4, 0.5) is 0 Å². The molecule has 1 aliphatic rings. The lowest BCUT2D eigenvalue weighted by molar-refractivity contribution is 0.174. The minimum atomic E-state index is 0.126. The Bertz CT molecular complexity index is 342. The molecule has 76 valence electrons. The smallest absolute Gasteiger partial charge is 0.231 e. The van der Waals surface area contributed by atoms with E-state index in [2.05, 4.69) is 35.8 Å². The molecular formula is C11H13BrO2. The van der Waals surface area contributed by atoms with Crippen molar-refractivity contribution >= 4 is 15.9 Å². The first kappa shape index (κ1) is 9.84. The van der Waals surface area contributed by atoms with Gasteiger partial charge in [0.15, 0.2) is 11.5 Å². The number of rotatable bonds is 2. The maximum atomic E-state index is 5.32. The second-order valence-corrected chi connectivity index (χ2v) is 6.23. The van der Waals surface area contributed by atoms with Gasteiger partial charge in [0.1, 0.15) is 0 Å².